The molecule has 0 aliphatic carbocycles. The molecule has 26 heteroatoms. The number of carbonyl (C=O) groups excluding carboxylic acids is 4. The Hall–Kier alpha value is -11.2. The van der Waals surface area contributed by atoms with E-state index < -0.39 is 0 Å². The summed E-state index contributed by atoms with van der Waals surface area (Å²) in [5.41, 5.74) is 9.68. The third-order valence-corrected chi connectivity index (χ3v) is 22.3. The smallest absolute Gasteiger partial charge is 0.260 e. The number of benzene rings is 4. The van der Waals surface area contributed by atoms with Gasteiger partial charge in [0, 0.05) is 185 Å². The Balaban J connectivity index is 0.000000137. The second-order valence-corrected chi connectivity index (χ2v) is 31.3. The predicted molar refractivity (Wildman–Crippen MR) is 468 cm³/mol. The molecule has 7 aliphatic heterocycles. The van der Waals surface area contributed by atoms with Gasteiger partial charge in [-0.25, -0.2) is 24.9 Å². The minimum Gasteiger partial charge on any atom is -0.379 e. The monoisotopic (exact) mass is 1590 g/mol. The van der Waals surface area contributed by atoms with Crippen molar-refractivity contribution in [2.24, 2.45) is 10.2 Å². The molecule has 118 heavy (non-hydrogen) atoms. The first-order valence-corrected chi connectivity index (χ1v) is 42.1. The van der Waals surface area contributed by atoms with Crippen molar-refractivity contribution in [1.82, 2.24) is 70.7 Å². The molecular weight excluding hydrogens is 1480 g/mol. The third kappa shape index (κ3) is 26.9. The molecule has 0 radical (unpaired) electrons. The lowest BCUT2D eigenvalue weighted by atomic mass is 10.0. The maximum atomic E-state index is 12.9. The highest BCUT2D eigenvalue weighted by Crippen LogP contribution is 2.26. The average Bonchev–Trinajstić information content (AvgIpc) is 0.964. The van der Waals surface area contributed by atoms with E-state index in [0.29, 0.717) is 94.3 Å². The van der Waals surface area contributed by atoms with Crippen LogP contribution in [0.1, 0.15) is 139 Å². The van der Waals surface area contributed by atoms with Gasteiger partial charge in [-0.15, -0.1) is 5.10 Å². The number of amidine groups is 1. The number of anilines is 5. The van der Waals surface area contributed by atoms with Crippen molar-refractivity contribution < 1.29 is 23.9 Å². The summed E-state index contributed by atoms with van der Waals surface area (Å²) in [6, 6.07) is 62.2. The number of nitrogens with zero attached hydrogens (tertiary/aromatic N) is 12. The Morgan fingerprint density at radius 3 is 1.16 bits per heavy atom. The van der Waals surface area contributed by atoms with Gasteiger partial charge in [-0.3, -0.25) is 43.7 Å². The summed E-state index contributed by atoms with van der Waals surface area (Å²) >= 11 is 0. The van der Waals surface area contributed by atoms with Crippen molar-refractivity contribution in [2.45, 2.75) is 134 Å². The molecule has 4 amide bonds. The Morgan fingerprint density at radius 2 is 0.797 bits per heavy atom. The van der Waals surface area contributed by atoms with Crippen LogP contribution in [-0.2, 0) is 30.9 Å². The van der Waals surface area contributed by atoms with Crippen LogP contribution in [0.2, 0.25) is 0 Å². The zero-order valence-corrected chi connectivity index (χ0v) is 68.2. The minimum absolute atomic E-state index is 0.0363. The molecule has 1 unspecified atom stereocenters. The summed E-state index contributed by atoms with van der Waals surface area (Å²) in [5.74, 6) is 3.26. The maximum Gasteiger partial charge on any atom is 0.260 e. The van der Waals surface area contributed by atoms with Crippen LogP contribution in [-0.4, -0.2) is 220 Å². The van der Waals surface area contributed by atoms with Crippen molar-refractivity contribution in [3.05, 3.63) is 263 Å². The summed E-state index contributed by atoms with van der Waals surface area (Å²) in [6.45, 7) is 22.8. The number of rotatable bonds is 25. The van der Waals surface area contributed by atoms with E-state index in [4.69, 9.17) is 4.74 Å². The number of hydrogen-bond donors (Lipinski definition) is 9. The molecule has 618 valence electrons. The molecule has 0 saturated carbocycles. The number of aryl methyl sites for hydroxylation is 2. The maximum absolute atomic E-state index is 12.9. The predicted octanol–water partition coefficient (Wildman–Crippen LogP) is 11.6. The topological polar surface area (TPSA) is 291 Å². The van der Waals surface area contributed by atoms with Crippen LogP contribution in [0.4, 0.5) is 29.1 Å². The molecule has 1 atom stereocenters. The van der Waals surface area contributed by atoms with E-state index in [1.165, 1.54) is 22.3 Å². The van der Waals surface area contributed by atoms with E-state index in [0.717, 1.165) is 194 Å². The van der Waals surface area contributed by atoms with E-state index >= 15 is 0 Å². The van der Waals surface area contributed by atoms with Gasteiger partial charge in [0.2, 0.25) is 0 Å². The van der Waals surface area contributed by atoms with Crippen molar-refractivity contribution in [2.75, 3.05) is 131 Å². The summed E-state index contributed by atoms with van der Waals surface area (Å²) in [4.78, 5) is 85.4. The summed E-state index contributed by atoms with van der Waals surface area (Å²) in [6.07, 6.45) is 18.4. The Morgan fingerprint density at radius 1 is 0.415 bits per heavy atom. The van der Waals surface area contributed by atoms with Gasteiger partial charge in [-0.05, 0) is 167 Å². The van der Waals surface area contributed by atoms with Crippen LogP contribution in [0.3, 0.4) is 0 Å². The second-order valence-electron chi connectivity index (χ2n) is 31.3. The fourth-order valence-electron chi connectivity index (χ4n) is 15.8. The van der Waals surface area contributed by atoms with Gasteiger partial charge in [-0.2, -0.15) is 5.10 Å². The number of piperidine rings is 4. The summed E-state index contributed by atoms with van der Waals surface area (Å²) in [5, 5.41) is 36.9. The lowest BCUT2D eigenvalue weighted by molar-refractivity contribution is 0.0383. The molecule has 9 aromatic rings. The number of hydrogen-bond acceptors (Lipinski definition) is 22. The number of carbonyl (C=O) groups is 4. The first-order chi connectivity index (χ1) is 57.9. The highest BCUT2D eigenvalue weighted by atomic mass is 16.5. The minimum atomic E-state index is -0.207. The quantitative estimate of drug-likeness (QED) is 0.0257. The number of likely N-dealkylation sites (tertiary alicyclic amines) is 4. The van der Waals surface area contributed by atoms with Crippen LogP contribution in [0.25, 0.3) is 0 Å². The van der Waals surface area contributed by atoms with Crippen molar-refractivity contribution in [3.63, 3.8) is 0 Å². The van der Waals surface area contributed by atoms with Gasteiger partial charge in [0.05, 0.1) is 35.5 Å². The van der Waals surface area contributed by atoms with E-state index in [2.05, 4.69) is 223 Å². The van der Waals surface area contributed by atoms with E-state index in [1.54, 1.807) is 55.3 Å². The lowest BCUT2D eigenvalue weighted by Gasteiger charge is -2.33. The zero-order valence-electron chi connectivity index (χ0n) is 68.2. The van der Waals surface area contributed by atoms with E-state index in [-0.39, 0.29) is 29.7 Å². The van der Waals surface area contributed by atoms with Gasteiger partial charge >= 0.3 is 0 Å². The first kappa shape index (κ1) is 84.7. The number of ether oxygens (including phenoxy) is 1. The van der Waals surface area contributed by atoms with Gasteiger partial charge in [0.25, 0.3) is 23.6 Å². The second kappa shape index (κ2) is 44.9. The van der Waals surface area contributed by atoms with Crippen molar-refractivity contribution >= 4 is 64.8 Å². The van der Waals surface area contributed by atoms with Crippen LogP contribution in [0.15, 0.2) is 217 Å². The van der Waals surface area contributed by atoms with Crippen molar-refractivity contribution in [3.8, 4) is 0 Å². The highest BCUT2D eigenvalue weighted by molar-refractivity contribution is 6.12. The molecule has 6 saturated heterocycles. The molecule has 0 spiro atoms. The van der Waals surface area contributed by atoms with Gasteiger partial charge in [-0.1, -0.05) is 121 Å². The highest BCUT2D eigenvalue weighted by Gasteiger charge is 2.29. The Labute approximate surface area is 694 Å². The molecule has 6 fully saturated rings. The van der Waals surface area contributed by atoms with Crippen LogP contribution >= 0.6 is 0 Å². The number of nitrogens with one attached hydrogen (secondary N) is 9. The van der Waals surface area contributed by atoms with Crippen LogP contribution in [0.5, 0.6) is 0 Å². The van der Waals surface area contributed by atoms with Gasteiger partial charge < -0.3 is 52.6 Å². The number of amides is 4. The van der Waals surface area contributed by atoms with Gasteiger partial charge in [0.1, 0.15) is 34.9 Å². The third-order valence-electron chi connectivity index (χ3n) is 22.3. The van der Waals surface area contributed by atoms with Crippen LogP contribution in [0, 0.1) is 13.8 Å². The SMILES string of the molecule is Cc1cc(C)nc(NC(=O)c2cccnc2NC2CCN(Cc3ccccc3)CC2)c1.O=C(NC1=NN=CC1)c1cccnc1NC1CCN(Cc2ccccc2)CC1.O=C(NC1CCNC1)c1cccnc1NC1CCN(Cc2ccccc2)CC1.O=C(NCCN1CCOCC1)c1cccnc1NC1CCN(Cc2ccccc2)CC1. The summed E-state index contributed by atoms with van der Waals surface area (Å²) in [7, 11) is 0. The molecule has 26 nitrogen and oxygen atoms in total. The first-order valence-electron chi connectivity index (χ1n) is 42.1. The lowest BCUT2D eigenvalue weighted by Crippen LogP contribution is -2.41. The molecule has 12 heterocycles. The average molecular weight is 1600 g/mol. The fourth-order valence-corrected chi connectivity index (χ4v) is 15.8. The molecular formula is C92H115N21O5. The molecule has 0 bridgehead atoms. The summed E-state index contributed by atoms with van der Waals surface area (Å²) < 4.78 is 5.37. The molecule has 4 aromatic carbocycles. The molecule has 16 rings (SSSR count). The number of morpholine rings is 1. The normalized spacial score (nSPS) is 17.8. The van der Waals surface area contributed by atoms with Crippen molar-refractivity contribution in [1.29, 1.82) is 0 Å². The van der Waals surface area contributed by atoms with E-state index in [1.807, 2.05) is 56.3 Å². The largest absolute Gasteiger partial charge is 0.379 e. The number of pyridine rings is 5. The molecule has 9 N–H and O–H groups in total. The van der Waals surface area contributed by atoms with Gasteiger partial charge in [0.15, 0.2) is 0 Å². The Bertz CT molecular complexity index is 4640. The standard InChI is InChI=1S/C25H29N5O.C24H33N5O2.C22H29N5O.C21H24N6O/c1-18-15-19(2)27-23(16-18)29-25(31)22-9-6-12-26-24(22)28-21-10-13-30(14-11-21)17-20-7-4-3-5-8-20;30-24(26-11-14-28-15-17-31-18-16-28)22-7-4-10-25-23(22)27-21-8-12-29(13-9-21)19-20-5-2-1-3-6-20;28-22(26-19-8-12-23-15-19)20-7-4-11-24-21(20)25-18-9-13-27(14-10-18)16-17-5-2-1-3-6-17;28-21(25-19-8-12-23-26-19)18-7-4-11-22-20(18)24-17-9-13-27(14-10-17)15-16-5-2-1-3-6-16/h3-9,12,15-16,21H,10-11,13-14,17H2,1-2H3,(H,26,28)(H,27,29,31);1-7,10,21H,8-9,11-19H2,(H,25,27)(H,26,30);1-7,11,18-19,23H,8-10,12-16H2,(H,24,25)(H,26,28);1-7,11-12,17H,8-10,13-15H2,(H,22,24)(H,25,26,28). The Kier molecular flexibility index (Phi) is 32.2. The fraction of sp³-hybridized carbons (Fsp3) is 0.402. The molecule has 5 aromatic heterocycles. The van der Waals surface area contributed by atoms with Crippen LogP contribution < -0.4 is 47.9 Å². The number of aromatic nitrogens is 5. The van der Waals surface area contributed by atoms with E-state index in [9.17, 15) is 19.2 Å². The molecule has 7 aliphatic rings. The zero-order chi connectivity index (χ0) is 81.3.